The van der Waals surface area contributed by atoms with Gasteiger partial charge in [0.15, 0.2) is 0 Å². The lowest BCUT2D eigenvalue weighted by Crippen LogP contribution is -2.28. The molecule has 12 heavy (non-hydrogen) atoms. The van der Waals surface area contributed by atoms with Crippen molar-refractivity contribution < 1.29 is 4.79 Å². The molecule has 0 bridgehead atoms. The zero-order valence-corrected chi connectivity index (χ0v) is 8.39. The number of rotatable bonds is 5. The fourth-order valence-corrected chi connectivity index (χ4v) is 0.918. The van der Waals surface area contributed by atoms with Gasteiger partial charge in [-0.1, -0.05) is 26.8 Å². The van der Waals surface area contributed by atoms with Crippen LogP contribution in [0.2, 0.25) is 0 Å². The summed E-state index contributed by atoms with van der Waals surface area (Å²) in [6.45, 7) is 8.62. The second-order valence-corrected chi connectivity index (χ2v) is 3.04. The molecule has 0 unspecified atom stereocenters. The Morgan fingerprint density at radius 3 is 2.42 bits per heavy atom. The van der Waals surface area contributed by atoms with E-state index in [2.05, 4.69) is 13.5 Å². The van der Waals surface area contributed by atoms with Gasteiger partial charge in [-0.25, -0.2) is 0 Å². The van der Waals surface area contributed by atoms with E-state index >= 15 is 0 Å². The van der Waals surface area contributed by atoms with Crippen molar-refractivity contribution in [2.75, 3.05) is 13.6 Å². The first-order chi connectivity index (χ1) is 5.63. The van der Waals surface area contributed by atoms with Crippen LogP contribution in [0.5, 0.6) is 0 Å². The van der Waals surface area contributed by atoms with Gasteiger partial charge < -0.3 is 4.90 Å². The van der Waals surface area contributed by atoms with E-state index < -0.39 is 0 Å². The predicted molar refractivity (Wildman–Crippen MR) is 52.0 cm³/mol. The van der Waals surface area contributed by atoms with Crippen LogP contribution in [0.15, 0.2) is 12.2 Å². The zero-order valence-electron chi connectivity index (χ0n) is 8.39. The van der Waals surface area contributed by atoms with E-state index in [1.807, 2.05) is 14.0 Å². The van der Waals surface area contributed by atoms with Crippen molar-refractivity contribution in [3.8, 4) is 0 Å². The molecule has 0 radical (unpaired) electrons. The molecule has 70 valence electrons. The fraction of sp³-hybridized carbons (Fsp3) is 0.700. The molecule has 0 aromatic rings. The molecule has 0 fully saturated rings. The molecule has 0 N–H and O–H groups in total. The largest absolute Gasteiger partial charge is 0.342 e. The lowest BCUT2D eigenvalue weighted by atomic mass is 10.2. The maximum atomic E-state index is 11.4. The summed E-state index contributed by atoms with van der Waals surface area (Å²) in [7, 11) is 1.83. The highest BCUT2D eigenvalue weighted by molar-refractivity contribution is 5.92. The van der Waals surface area contributed by atoms with Crippen LogP contribution in [0.25, 0.3) is 0 Å². The molecule has 0 aromatic heterocycles. The Labute approximate surface area is 75.3 Å². The molecule has 2 heteroatoms. The Bertz CT molecular complexity index is 163. The Hall–Kier alpha value is -0.790. The van der Waals surface area contributed by atoms with Crippen LogP contribution in [0.1, 0.15) is 33.1 Å². The van der Waals surface area contributed by atoms with Gasteiger partial charge in [-0.15, -0.1) is 0 Å². The second kappa shape index (κ2) is 5.81. The molecule has 0 aliphatic carbocycles. The minimum absolute atomic E-state index is 0.0888. The summed E-state index contributed by atoms with van der Waals surface area (Å²) in [4.78, 5) is 13.2. The van der Waals surface area contributed by atoms with E-state index in [0.29, 0.717) is 5.57 Å². The molecular formula is C10H19NO. The molecule has 1 amide bonds. The van der Waals surface area contributed by atoms with Crippen molar-refractivity contribution in [2.45, 2.75) is 33.1 Å². The third-order valence-corrected chi connectivity index (χ3v) is 1.92. The topological polar surface area (TPSA) is 20.3 Å². The highest BCUT2D eigenvalue weighted by Gasteiger charge is 2.09. The molecule has 0 aromatic carbocycles. The van der Waals surface area contributed by atoms with Crippen molar-refractivity contribution in [3.63, 3.8) is 0 Å². The standard InChI is InChI=1S/C10H19NO/c1-5-7-8-11(4)10(12)9(3)6-2/h3,5-8H2,1-2,4H3. The summed E-state index contributed by atoms with van der Waals surface area (Å²) in [5.41, 5.74) is 0.702. The molecule has 0 saturated heterocycles. The second-order valence-electron chi connectivity index (χ2n) is 3.04. The summed E-state index contributed by atoms with van der Waals surface area (Å²) in [6.07, 6.45) is 2.94. The number of carbonyl (C=O) groups is 1. The van der Waals surface area contributed by atoms with Crippen LogP contribution >= 0.6 is 0 Å². The summed E-state index contributed by atoms with van der Waals surface area (Å²) >= 11 is 0. The fourth-order valence-electron chi connectivity index (χ4n) is 0.918. The van der Waals surface area contributed by atoms with E-state index in [1.54, 1.807) is 4.90 Å². The van der Waals surface area contributed by atoms with Gasteiger partial charge in [0.2, 0.25) is 5.91 Å². The Kier molecular flexibility index (Phi) is 5.43. The van der Waals surface area contributed by atoms with E-state index in [4.69, 9.17) is 0 Å². The number of unbranched alkanes of at least 4 members (excludes halogenated alkanes) is 1. The first-order valence-corrected chi connectivity index (χ1v) is 4.56. The average Bonchev–Trinajstić information content (AvgIpc) is 2.11. The van der Waals surface area contributed by atoms with Crippen LogP contribution in [0, 0.1) is 0 Å². The van der Waals surface area contributed by atoms with Gasteiger partial charge in [-0.2, -0.15) is 0 Å². The minimum Gasteiger partial charge on any atom is -0.342 e. The predicted octanol–water partition coefficient (Wildman–Crippen LogP) is 2.21. The van der Waals surface area contributed by atoms with Crippen molar-refractivity contribution >= 4 is 5.91 Å². The number of hydrogen-bond donors (Lipinski definition) is 0. The first kappa shape index (κ1) is 11.2. The van der Waals surface area contributed by atoms with Crippen molar-refractivity contribution in [1.82, 2.24) is 4.90 Å². The summed E-state index contributed by atoms with van der Waals surface area (Å²) in [5, 5.41) is 0. The van der Waals surface area contributed by atoms with Gasteiger partial charge >= 0.3 is 0 Å². The summed E-state index contributed by atoms with van der Waals surface area (Å²) < 4.78 is 0. The Balaban J connectivity index is 3.84. The lowest BCUT2D eigenvalue weighted by molar-refractivity contribution is -0.126. The van der Waals surface area contributed by atoms with Gasteiger partial charge in [-0.05, 0) is 12.8 Å². The van der Waals surface area contributed by atoms with E-state index in [0.717, 1.165) is 25.8 Å². The van der Waals surface area contributed by atoms with Crippen LogP contribution < -0.4 is 0 Å². The first-order valence-electron chi connectivity index (χ1n) is 4.56. The highest BCUT2D eigenvalue weighted by atomic mass is 16.2. The number of hydrogen-bond acceptors (Lipinski definition) is 1. The monoisotopic (exact) mass is 169 g/mol. The molecular weight excluding hydrogens is 150 g/mol. The molecule has 0 aliphatic rings. The van der Waals surface area contributed by atoms with Gasteiger partial charge in [0, 0.05) is 19.2 Å². The van der Waals surface area contributed by atoms with Crippen molar-refractivity contribution in [1.29, 1.82) is 0 Å². The van der Waals surface area contributed by atoms with Crippen LogP contribution in [-0.4, -0.2) is 24.4 Å². The zero-order chi connectivity index (χ0) is 9.56. The van der Waals surface area contributed by atoms with Gasteiger partial charge in [0.25, 0.3) is 0 Å². The minimum atomic E-state index is 0.0888. The van der Waals surface area contributed by atoms with E-state index in [-0.39, 0.29) is 5.91 Å². The molecule has 0 spiro atoms. The van der Waals surface area contributed by atoms with E-state index in [1.165, 1.54) is 0 Å². The van der Waals surface area contributed by atoms with Gasteiger partial charge in [-0.3, -0.25) is 4.79 Å². The molecule has 0 saturated carbocycles. The molecule has 0 atom stereocenters. The van der Waals surface area contributed by atoms with Crippen LogP contribution in [0.4, 0.5) is 0 Å². The highest BCUT2D eigenvalue weighted by Crippen LogP contribution is 2.02. The average molecular weight is 169 g/mol. The van der Waals surface area contributed by atoms with E-state index in [9.17, 15) is 4.79 Å². The summed E-state index contributed by atoms with van der Waals surface area (Å²) in [5.74, 6) is 0.0888. The molecule has 0 rings (SSSR count). The van der Waals surface area contributed by atoms with Crippen LogP contribution in [0.3, 0.4) is 0 Å². The Morgan fingerprint density at radius 1 is 1.42 bits per heavy atom. The lowest BCUT2D eigenvalue weighted by Gasteiger charge is -2.17. The Morgan fingerprint density at radius 2 is 2.00 bits per heavy atom. The maximum absolute atomic E-state index is 11.4. The van der Waals surface area contributed by atoms with Crippen LogP contribution in [-0.2, 0) is 4.79 Å². The number of carbonyl (C=O) groups excluding carboxylic acids is 1. The van der Waals surface area contributed by atoms with Gasteiger partial charge in [0.05, 0.1) is 0 Å². The molecule has 2 nitrogen and oxygen atoms in total. The smallest absolute Gasteiger partial charge is 0.248 e. The maximum Gasteiger partial charge on any atom is 0.248 e. The van der Waals surface area contributed by atoms with Crippen molar-refractivity contribution in [3.05, 3.63) is 12.2 Å². The normalized spacial score (nSPS) is 9.58. The number of amides is 1. The van der Waals surface area contributed by atoms with Crippen molar-refractivity contribution in [2.24, 2.45) is 0 Å². The third-order valence-electron chi connectivity index (χ3n) is 1.92. The summed E-state index contributed by atoms with van der Waals surface area (Å²) in [6, 6.07) is 0. The van der Waals surface area contributed by atoms with Gasteiger partial charge in [0.1, 0.15) is 0 Å². The number of likely N-dealkylation sites (N-methyl/N-ethyl adjacent to an activating group) is 1. The molecule has 0 heterocycles. The SMILES string of the molecule is C=C(CC)C(=O)N(C)CCCC. The third kappa shape index (κ3) is 3.56. The quantitative estimate of drug-likeness (QED) is 0.578. The number of nitrogens with zero attached hydrogens (tertiary/aromatic N) is 1. The molecule has 0 aliphatic heterocycles.